The van der Waals surface area contributed by atoms with Crippen LogP contribution in [0.3, 0.4) is 0 Å². The van der Waals surface area contributed by atoms with E-state index in [2.05, 4.69) is 30.1 Å². The van der Waals surface area contributed by atoms with Crippen molar-refractivity contribution in [2.75, 3.05) is 31.5 Å². The second-order valence-electron chi connectivity index (χ2n) is 5.63. The summed E-state index contributed by atoms with van der Waals surface area (Å²) >= 11 is 5.94. The van der Waals surface area contributed by atoms with Gasteiger partial charge in [-0.3, -0.25) is 0 Å². The molecule has 1 saturated heterocycles. The Balaban J connectivity index is 1.73. The molecule has 2 rings (SSSR count). The topological polar surface area (TPSA) is 15.3 Å². The van der Waals surface area contributed by atoms with Crippen LogP contribution in [0.5, 0.6) is 0 Å². The Morgan fingerprint density at radius 1 is 1.41 bits per heavy atom. The molecule has 1 aromatic rings. The lowest BCUT2D eigenvalue weighted by Gasteiger charge is -2.19. The minimum absolute atomic E-state index is 0.496. The van der Waals surface area contributed by atoms with Crippen LogP contribution >= 0.6 is 11.6 Å². The SMILES string of the molecule is CC1(C)CCN(CCNc2cccc(Cl)c2)C1. The first-order chi connectivity index (χ1) is 8.05. The third-order valence-electron chi connectivity index (χ3n) is 3.34. The van der Waals surface area contributed by atoms with Gasteiger partial charge in [-0.1, -0.05) is 31.5 Å². The molecule has 1 aromatic carbocycles. The Morgan fingerprint density at radius 3 is 2.88 bits per heavy atom. The second kappa shape index (κ2) is 5.28. The fourth-order valence-corrected chi connectivity index (χ4v) is 2.56. The van der Waals surface area contributed by atoms with Crippen LogP contribution in [0.4, 0.5) is 5.69 Å². The molecular weight excluding hydrogens is 232 g/mol. The van der Waals surface area contributed by atoms with Crippen LogP contribution in [0.1, 0.15) is 20.3 Å². The van der Waals surface area contributed by atoms with Crippen LogP contribution in [0.25, 0.3) is 0 Å². The van der Waals surface area contributed by atoms with Gasteiger partial charge in [0.2, 0.25) is 0 Å². The van der Waals surface area contributed by atoms with Gasteiger partial charge in [0.1, 0.15) is 0 Å². The van der Waals surface area contributed by atoms with Crippen molar-refractivity contribution in [2.24, 2.45) is 5.41 Å². The summed E-state index contributed by atoms with van der Waals surface area (Å²) < 4.78 is 0. The molecule has 0 atom stereocenters. The molecule has 2 nitrogen and oxygen atoms in total. The standard InChI is InChI=1S/C14H21ClN2/c1-14(2)6-8-17(11-14)9-7-16-13-5-3-4-12(15)10-13/h3-5,10,16H,6-9,11H2,1-2H3. The van der Waals surface area contributed by atoms with Gasteiger partial charge in [0.15, 0.2) is 0 Å². The number of benzene rings is 1. The Kier molecular flexibility index (Phi) is 3.95. The third kappa shape index (κ3) is 3.90. The van der Waals surface area contributed by atoms with Crippen molar-refractivity contribution in [1.29, 1.82) is 0 Å². The zero-order chi connectivity index (χ0) is 12.3. The van der Waals surface area contributed by atoms with Crippen molar-refractivity contribution in [2.45, 2.75) is 20.3 Å². The molecule has 0 aliphatic carbocycles. The lowest BCUT2D eigenvalue weighted by atomic mass is 9.93. The van der Waals surface area contributed by atoms with E-state index in [0.29, 0.717) is 5.41 Å². The maximum atomic E-state index is 5.94. The number of nitrogens with one attached hydrogen (secondary N) is 1. The van der Waals surface area contributed by atoms with Crippen molar-refractivity contribution in [1.82, 2.24) is 4.90 Å². The van der Waals surface area contributed by atoms with Crippen molar-refractivity contribution >= 4 is 17.3 Å². The highest BCUT2D eigenvalue weighted by Crippen LogP contribution is 2.28. The van der Waals surface area contributed by atoms with Crippen molar-refractivity contribution in [3.8, 4) is 0 Å². The summed E-state index contributed by atoms with van der Waals surface area (Å²) in [6.45, 7) is 9.22. The van der Waals surface area contributed by atoms with E-state index in [9.17, 15) is 0 Å². The number of rotatable bonds is 4. The minimum Gasteiger partial charge on any atom is -0.384 e. The van der Waals surface area contributed by atoms with E-state index in [4.69, 9.17) is 11.6 Å². The van der Waals surface area contributed by atoms with Gasteiger partial charge >= 0.3 is 0 Å². The van der Waals surface area contributed by atoms with E-state index in [1.54, 1.807) is 0 Å². The van der Waals surface area contributed by atoms with Crippen LogP contribution in [0.15, 0.2) is 24.3 Å². The van der Waals surface area contributed by atoms with Gasteiger partial charge < -0.3 is 10.2 Å². The lowest BCUT2D eigenvalue weighted by molar-refractivity contribution is 0.300. The first-order valence-corrected chi connectivity index (χ1v) is 6.65. The van der Waals surface area contributed by atoms with Crippen molar-refractivity contribution in [3.63, 3.8) is 0 Å². The first-order valence-electron chi connectivity index (χ1n) is 6.27. The van der Waals surface area contributed by atoms with E-state index in [1.165, 1.54) is 19.5 Å². The number of likely N-dealkylation sites (tertiary alicyclic amines) is 1. The molecule has 1 N–H and O–H groups in total. The number of nitrogens with zero attached hydrogens (tertiary/aromatic N) is 1. The zero-order valence-corrected chi connectivity index (χ0v) is 11.4. The van der Waals surface area contributed by atoms with Crippen LogP contribution in [-0.2, 0) is 0 Å². The highest BCUT2D eigenvalue weighted by Gasteiger charge is 2.28. The van der Waals surface area contributed by atoms with Gasteiger partial charge in [0.05, 0.1) is 0 Å². The van der Waals surface area contributed by atoms with Crippen LogP contribution in [0, 0.1) is 5.41 Å². The molecule has 0 unspecified atom stereocenters. The molecule has 0 aromatic heterocycles. The largest absolute Gasteiger partial charge is 0.384 e. The molecule has 94 valence electrons. The van der Waals surface area contributed by atoms with Gasteiger partial charge in [0.25, 0.3) is 0 Å². The molecule has 3 heteroatoms. The van der Waals surface area contributed by atoms with Crippen LogP contribution < -0.4 is 5.32 Å². The maximum absolute atomic E-state index is 5.94. The molecular formula is C14H21ClN2. The molecule has 0 bridgehead atoms. The average Bonchev–Trinajstić information content (AvgIpc) is 2.58. The first kappa shape index (κ1) is 12.7. The second-order valence-corrected chi connectivity index (χ2v) is 6.06. The van der Waals surface area contributed by atoms with Gasteiger partial charge in [-0.2, -0.15) is 0 Å². The number of halogens is 1. The molecule has 0 amide bonds. The van der Waals surface area contributed by atoms with Crippen molar-refractivity contribution < 1.29 is 0 Å². The third-order valence-corrected chi connectivity index (χ3v) is 3.57. The van der Waals surface area contributed by atoms with Gasteiger partial charge in [-0.15, -0.1) is 0 Å². The monoisotopic (exact) mass is 252 g/mol. The molecule has 0 spiro atoms. The quantitative estimate of drug-likeness (QED) is 0.883. The van der Waals surface area contributed by atoms with Crippen LogP contribution in [-0.4, -0.2) is 31.1 Å². The number of hydrogen-bond donors (Lipinski definition) is 1. The van der Waals surface area contributed by atoms with E-state index in [-0.39, 0.29) is 0 Å². The summed E-state index contributed by atoms with van der Waals surface area (Å²) in [5.41, 5.74) is 1.60. The zero-order valence-electron chi connectivity index (χ0n) is 10.7. The summed E-state index contributed by atoms with van der Waals surface area (Å²) in [7, 11) is 0. The van der Waals surface area contributed by atoms with Gasteiger partial charge in [0, 0.05) is 30.3 Å². The summed E-state index contributed by atoms with van der Waals surface area (Å²) in [5, 5.41) is 4.20. The molecule has 0 saturated carbocycles. The normalized spacial score (nSPS) is 19.5. The Labute approximate surface area is 109 Å². The van der Waals surface area contributed by atoms with Gasteiger partial charge in [-0.25, -0.2) is 0 Å². The summed E-state index contributed by atoms with van der Waals surface area (Å²) in [6.07, 6.45) is 1.31. The summed E-state index contributed by atoms with van der Waals surface area (Å²) in [6, 6.07) is 7.90. The van der Waals surface area contributed by atoms with Gasteiger partial charge in [-0.05, 0) is 36.6 Å². The molecule has 1 aliphatic heterocycles. The lowest BCUT2D eigenvalue weighted by Crippen LogP contribution is -2.28. The van der Waals surface area contributed by atoms with E-state index >= 15 is 0 Å². The average molecular weight is 253 g/mol. The molecule has 17 heavy (non-hydrogen) atoms. The number of anilines is 1. The predicted molar refractivity (Wildman–Crippen MR) is 74.8 cm³/mol. The summed E-state index contributed by atoms with van der Waals surface area (Å²) in [4.78, 5) is 2.53. The molecule has 0 radical (unpaired) electrons. The fourth-order valence-electron chi connectivity index (χ4n) is 2.37. The van der Waals surface area contributed by atoms with E-state index < -0.39 is 0 Å². The highest BCUT2D eigenvalue weighted by molar-refractivity contribution is 6.30. The highest BCUT2D eigenvalue weighted by atomic mass is 35.5. The number of hydrogen-bond acceptors (Lipinski definition) is 2. The Morgan fingerprint density at radius 2 is 2.24 bits per heavy atom. The molecule has 1 fully saturated rings. The maximum Gasteiger partial charge on any atom is 0.0426 e. The molecule has 1 aliphatic rings. The van der Waals surface area contributed by atoms with E-state index in [0.717, 1.165) is 23.8 Å². The summed E-state index contributed by atoms with van der Waals surface area (Å²) in [5.74, 6) is 0. The predicted octanol–water partition coefficient (Wildman–Crippen LogP) is 3.48. The minimum atomic E-state index is 0.496. The fraction of sp³-hybridized carbons (Fsp3) is 0.571. The smallest absolute Gasteiger partial charge is 0.0426 e. The van der Waals surface area contributed by atoms with Crippen molar-refractivity contribution in [3.05, 3.63) is 29.3 Å². The Bertz CT molecular complexity index is 376. The van der Waals surface area contributed by atoms with E-state index in [1.807, 2.05) is 18.2 Å². The molecule has 1 heterocycles. The Hall–Kier alpha value is -0.730. The van der Waals surface area contributed by atoms with Crippen LogP contribution in [0.2, 0.25) is 5.02 Å².